The maximum Gasteiger partial charge on any atom is 0.338 e. The molecule has 17 heavy (non-hydrogen) atoms. The molecule has 1 aromatic rings. The minimum absolute atomic E-state index is 0.321. The number of halogens is 1. The van der Waals surface area contributed by atoms with Gasteiger partial charge in [0, 0.05) is 5.88 Å². The van der Waals surface area contributed by atoms with E-state index in [9.17, 15) is 4.79 Å². The maximum atomic E-state index is 11.6. The van der Waals surface area contributed by atoms with Crippen molar-refractivity contribution in [2.24, 2.45) is 0 Å². The smallest absolute Gasteiger partial charge is 0.338 e. The molecule has 1 aromatic carbocycles. The molecule has 0 fully saturated rings. The molecule has 0 saturated heterocycles. The molecule has 0 aliphatic heterocycles. The molecular weight excluding hydrogens is 240 g/mol. The predicted molar refractivity (Wildman–Crippen MR) is 68.0 cm³/mol. The van der Waals surface area contributed by atoms with E-state index in [1.165, 1.54) is 0 Å². The van der Waals surface area contributed by atoms with Crippen LogP contribution < -0.4 is 4.74 Å². The van der Waals surface area contributed by atoms with Crippen LogP contribution in [-0.4, -0.2) is 25.6 Å². The highest BCUT2D eigenvalue weighted by molar-refractivity contribution is 6.17. The number of carbonyl (C=O) groups is 1. The molecular formula is C13H17ClO3. The largest absolute Gasteiger partial charge is 0.497 e. The molecule has 1 rings (SSSR count). The minimum Gasteiger partial charge on any atom is -0.497 e. The van der Waals surface area contributed by atoms with Crippen LogP contribution in [0.2, 0.25) is 0 Å². The first-order valence-electron chi connectivity index (χ1n) is 5.62. The van der Waals surface area contributed by atoms with Gasteiger partial charge in [0.05, 0.1) is 19.3 Å². The lowest BCUT2D eigenvalue weighted by atomic mass is 10.1. The van der Waals surface area contributed by atoms with Crippen molar-refractivity contribution < 1.29 is 14.3 Å². The van der Waals surface area contributed by atoms with Crippen molar-refractivity contribution in [3.63, 3.8) is 0 Å². The zero-order valence-corrected chi connectivity index (χ0v) is 10.9. The van der Waals surface area contributed by atoms with Crippen molar-refractivity contribution in [1.82, 2.24) is 0 Å². The first-order chi connectivity index (χ1) is 8.21. The van der Waals surface area contributed by atoms with Gasteiger partial charge in [0.2, 0.25) is 0 Å². The number of hydrogen-bond donors (Lipinski definition) is 0. The van der Waals surface area contributed by atoms with E-state index in [0.717, 1.165) is 18.4 Å². The van der Waals surface area contributed by atoms with Crippen LogP contribution in [0.15, 0.2) is 18.2 Å². The number of esters is 1. The number of ether oxygens (including phenoxy) is 2. The Labute approximate surface area is 107 Å². The van der Waals surface area contributed by atoms with Gasteiger partial charge in [-0.1, -0.05) is 0 Å². The number of aryl methyl sites for hydroxylation is 1. The van der Waals surface area contributed by atoms with E-state index in [-0.39, 0.29) is 5.97 Å². The summed E-state index contributed by atoms with van der Waals surface area (Å²) in [6, 6.07) is 5.42. The molecule has 94 valence electrons. The zero-order chi connectivity index (χ0) is 12.7. The van der Waals surface area contributed by atoms with Crippen LogP contribution in [0, 0.1) is 0 Å². The van der Waals surface area contributed by atoms with Crippen molar-refractivity contribution in [2.45, 2.75) is 19.8 Å². The summed E-state index contributed by atoms with van der Waals surface area (Å²) in [4.78, 5) is 11.6. The van der Waals surface area contributed by atoms with E-state index in [2.05, 4.69) is 0 Å². The molecule has 0 amide bonds. The summed E-state index contributed by atoms with van der Waals surface area (Å²) in [7, 11) is 1.58. The molecule has 0 bridgehead atoms. The van der Waals surface area contributed by atoms with Crippen LogP contribution in [0.5, 0.6) is 5.75 Å². The lowest BCUT2D eigenvalue weighted by Gasteiger charge is -2.08. The fraction of sp³-hybridized carbons (Fsp3) is 0.462. The van der Waals surface area contributed by atoms with Gasteiger partial charge in [-0.15, -0.1) is 11.6 Å². The van der Waals surface area contributed by atoms with Crippen LogP contribution in [0.25, 0.3) is 0 Å². The molecule has 0 unspecified atom stereocenters. The van der Waals surface area contributed by atoms with E-state index in [1.54, 1.807) is 20.1 Å². The normalized spacial score (nSPS) is 10.1. The van der Waals surface area contributed by atoms with Gasteiger partial charge in [-0.05, 0) is 43.5 Å². The summed E-state index contributed by atoms with van der Waals surface area (Å²) in [5, 5.41) is 0. The molecule has 0 heterocycles. The highest BCUT2D eigenvalue weighted by Crippen LogP contribution is 2.19. The lowest BCUT2D eigenvalue weighted by Crippen LogP contribution is -2.05. The molecule has 0 spiro atoms. The Bertz CT molecular complexity index is 377. The molecule has 4 heteroatoms. The molecule has 0 N–H and O–H groups in total. The van der Waals surface area contributed by atoms with Crippen molar-refractivity contribution in [2.75, 3.05) is 19.6 Å². The highest BCUT2D eigenvalue weighted by Gasteiger charge is 2.09. The lowest BCUT2D eigenvalue weighted by molar-refractivity contribution is 0.0526. The molecule has 0 atom stereocenters. The molecule has 0 saturated carbocycles. The Morgan fingerprint density at radius 3 is 2.71 bits per heavy atom. The Hall–Kier alpha value is -1.22. The van der Waals surface area contributed by atoms with Crippen LogP contribution in [0.4, 0.5) is 0 Å². The quantitative estimate of drug-likeness (QED) is 0.580. The van der Waals surface area contributed by atoms with Crippen LogP contribution in [0.1, 0.15) is 29.3 Å². The fourth-order valence-corrected chi connectivity index (χ4v) is 1.66. The average Bonchev–Trinajstić information content (AvgIpc) is 2.36. The summed E-state index contributed by atoms with van der Waals surface area (Å²) in [6.07, 6.45) is 1.70. The van der Waals surface area contributed by atoms with Gasteiger partial charge in [-0.3, -0.25) is 0 Å². The minimum atomic E-state index is -0.321. The Kier molecular flexibility index (Phi) is 5.84. The first-order valence-corrected chi connectivity index (χ1v) is 6.15. The van der Waals surface area contributed by atoms with E-state index in [0.29, 0.717) is 23.8 Å². The second kappa shape index (κ2) is 7.17. The highest BCUT2D eigenvalue weighted by atomic mass is 35.5. The van der Waals surface area contributed by atoms with Gasteiger partial charge < -0.3 is 9.47 Å². The third-order valence-corrected chi connectivity index (χ3v) is 2.58. The van der Waals surface area contributed by atoms with Gasteiger partial charge in [0.15, 0.2) is 0 Å². The van der Waals surface area contributed by atoms with Gasteiger partial charge in [0.1, 0.15) is 5.75 Å². The summed E-state index contributed by atoms with van der Waals surface area (Å²) in [5.74, 6) is 0.949. The third kappa shape index (κ3) is 4.27. The summed E-state index contributed by atoms with van der Waals surface area (Å²) in [5.41, 5.74) is 1.56. The van der Waals surface area contributed by atoms with Crippen molar-refractivity contribution >= 4 is 17.6 Å². The summed E-state index contributed by atoms with van der Waals surface area (Å²) in [6.45, 7) is 2.15. The average molecular weight is 257 g/mol. The second-order valence-electron chi connectivity index (χ2n) is 3.58. The number of rotatable bonds is 6. The fourth-order valence-electron chi connectivity index (χ4n) is 1.53. The topological polar surface area (TPSA) is 35.5 Å². The van der Waals surface area contributed by atoms with Crippen LogP contribution in [0.3, 0.4) is 0 Å². The third-order valence-electron chi connectivity index (χ3n) is 2.31. The van der Waals surface area contributed by atoms with Gasteiger partial charge in [-0.25, -0.2) is 4.79 Å². The Morgan fingerprint density at radius 2 is 2.12 bits per heavy atom. The molecule has 0 aliphatic carbocycles. The molecule has 0 aromatic heterocycles. The number of carbonyl (C=O) groups excluding carboxylic acids is 1. The zero-order valence-electron chi connectivity index (χ0n) is 10.2. The summed E-state index contributed by atoms with van der Waals surface area (Å²) >= 11 is 5.65. The molecule has 0 radical (unpaired) electrons. The van der Waals surface area contributed by atoms with Crippen molar-refractivity contribution in [1.29, 1.82) is 0 Å². The van der Waals surface area contributed by atoms with E-state index in [1.807, 2.05) is 12.1 Å². The van der Waals surface area contributed by atoms with Crippen molar-refractivity contribution in [3.8, 4) is 5.75 Å². The Balaban J connectivity index is 2.92. The van der Waals surface area contributed by atoms with E-state index in [4.69, 9.17) is 21.1 Å². The maximum absolute atomic E-state index is 11.6. The SMILES string of the molecule is CCOC(=O)c1cc(CCCCl)cc(OC)c1. The predicted octanol–water partition coefficient (Wildman–Crippen LogP) is 3.04. The van der Waals surface area contributed by atoms with Gasteiger partial charge in [0.25, 0.3) is 0 Å². The standard InChI is InChI=1S/C13H17ClO3/c1-3-17-13(15)11-7-10(5-4-6-14)8-12(9-11)16-2/h7-9H,3-6H2,1-2H3. The number of benzene rings is 1. The van der Waals surface area contributed by atoms with E-state index < -0.39 is 0 Å². The van der Waals surface area contributed by atoms with Crippen LogP contribution >= 0.6 is 11.6 Å². The van der Waals surface area contributed by atoms with Gasteiger partial charge >= 0.3 is 5.97 Å². The molecule has 3 nitrogen and oxygen atoms in total. The van der Waals surface area contributed by atoms with Gasteiger partial charge in [-0.2, -0.15) is 0 Å². The number of alkyl halides is 1. The van der Waals surface area contributed by atoms with Crippen molar-refractivity contribution in [3.05, 3.63) is 29.3 Å². The number of methoxy groups -OCH3 is 1. The monoisotopic (exact) mass is 256 g/mol. The second-order valence-corrected chi connectivity index (χ2v) is 3.96. The first kappa shape index (κ1) is 13.8. The van der Waals surface area contributed by atoms with Crippen LogP contribution in [-0.2, 0) is 11.2 Å². The van der Waals surface area contributed by atoms with E-state index >= 15 is 0 Å². The number of hydrogen-bond acceptors (Lipinski definition) is 3. The molecule has 0 aliphatic rings. The summed E-state index contributed by atoms with van der Waals surface area (Å²) < 4.78 is 10.1. The Morgan fingerprint density at radius 1 is 1.35 bits per heavy atom.